The van der Waals surface area contributed by atoms with Crippen molar-refractivity contribution in [2.45, 2.75) is 24.2 Å². The van der Waals surface area contributed by atoms with E-state index in [1.54, 1.807) is 0 Å². The maximum absolute atomic E-state index is 12.4. The summed E-state index contributed by atoms with van der Waals surface area (Å²) in [5, 5.41) is 10.9. The Morgan fingerprint density at radius 3 is 2.41 bits per heavy atom. The van der Waals surface area contributed by atoms with E-state index in [0.29, 0.717) is 6.54 Å². The van der Waals surface area contributed by atoms with Crippen molar-refractivity contribution in [1.29, 1.82) is 0 Å². The molecule has 0 saturated carbocycles. The number of likely N-dealkylation sites (tertiary alicyclic amines) is 1. The lowest BCUT2D eigenvalue weighted by atomic mass is 10.1. The third-order valence-corrected chi connectivity index (χ3v) is 5.53. The van der Waals surface area contributed by atoms with Gasteiger partial charge in [-0.05, 0) is 32.0 Å². The van der Waals surface area contributed by atoms with E-state index in [1.807, 2.05) is 0 Å². The van der Waals surface area contributed by atoms with Crippen LogP contribution in [0, 0.1) is 10.1 Å². The van der Waals surface area contributed by atoms with Crippen LogP contribution >= 0.6 is 0 Å². The van der Waals surface area contributed by atoms with Gasteiger partial charge in [0.05, 0.1) is 15.6 Å². The van der Waals surface area contributed by atoms with Gasteiger partial charge >= 0.3 is 0 Å². The van der Waals surface area contributed by atoms with Gasteiger partial charge in [0.1, 0.15) is 5.69 Å². The SMILES string of the molecule is Nc1cc([N+](=O)[O-])c(N)c(S(=O)(=O)CCN2CCCCC2)c1. The summed E-state index contributed by atoms with van der Waals surface area (Å²) >= 11 is 0. The molecule has 0 aromatic heterocycles. The number of nitrogens with two attached hydrogens (primary N) is 2. The van der Waals surface area contributed by atoms with Gasteiger partial charge in [0.15, 0.2) is 9.84 Å². The largest absolute Gasteiger partial charge is 0.398 e. The highest BCUT2D eigenvalue weighted by atomic mass is 32.2. The lowest BCUT2D eigenvalue weighted by molar-refractivity contribution is -0.384. The highest BCUT2D eigenvalue weighted by Crippen LogP contribution is 2.32. The van der Waals surface area contributed by atoms with Gasteiger partial charge in [0.2, 0.25) is 0 Å². The number of nitro benzene ring substituents is 1. The van der Waals surface area contributed by atoms with Gasteiger partial charge in [-0.15, -0.1) is 0 Å². The summed E-state index contributed by atoms with van der Waals surface area (Å²) in [5.74, 6) is -0.127. The second kappa shape index (κ2) is 6.49. The number of hydrogen-bond donors (Lipinski definition) is 2. The summed E-state index contributed by atoms with van der Waals surface area (Å²) in [6.45, 7) is 2.15. The smallest absolute Gasteiger partial charge is 0.295 e. The monoisotopic (exact) mass is 328 g/mol. The fraction of sp³-hybridized carbons (Fsp3) is 0.538. The highest BCUT2D eigenvalue weighted by Gasteiger charge is 2.26. The molecule has 1 heterocycles. The first-order valence-corrected chi connectivity index (χ1v) is 8.75. The zero-order chi connectivity index (χ0) is 16.3. The molecule has 0 bridgehead atoms. The maximum atomic E-state index is 12.4. The predicted molar refractivity (Wildman–Crippen MR) is 84.3 cm³/mol. The van der Waals surface area contributed by atoms with Crippen LogP contribution in [0.4, 0.5) is 17.1 Å². The molecule has 1 aliphatic heterocycles. The molecule has 1 fully saturated rings. The Morgan fingerprint density at radius 1 is 1.18 bits per heavy atom. The number of sulfone groups is 1. The van der Waals surface area contributed by atoms with Crippen LogP contribution in [-0.2, 0) is 9.84 Å². The van der Waals surface area contributed by atoms with E-state index < -0.39 is 20.4 Å². The van der Waals surface area contributed by atoms with Crippen molar-refractivity contribution in [3.63, 3.8) is 0 Å². The van der Waals surface area contributed by atoms with Crippen LogP contribution in [-0.4, -0.2) is 43.6 Å². The molecule has 1 aliphatic rings. The predicted octanol–water partition coefficient (Wildman–Crippen LogP) is 1.02. The molecule has 9 heteroatoms. The molecule has 22 heavy (non-hydrogen) atoms. The number of nitrogens with zero attached hydrogens (tertiary/aromatic N) is 2. The summed E-state index contributed by atoms with van der Waals surface area (Å²) in [5.41, 5.74) is 10.4. The Bertz CT molecular complexity index is 669. The van der Waals surface area contributed by atoms with Crippen LogP contribution in [0.3, 0.4) is 0 Å². The molecule has 0 unspecified atom stereocenters. The van der Waals surface area contributed by atoms with Crippen LogP contribution in [0.15, 0.2) is 17.0 Å². The number of hydrogen-bond acceptors (Lipinski definition) is 7. The lowest BCUT2D eigenvalue weighted by Gasteiger charge is -2.26. The van der Waals surface area contributed by atoms with Crippen LogP contribution < -0.4 is 11.5 Å². The summed E-state index contributed by atoms with van der Waals surface area (Å²) in [4.78, 5) is 12.0. The molecule has 2 rings (SSSR count). The average Bonchev–Trinajstić information content (AvgIpc) is 2.48. The van der Waals surface area contributed by atoms with Crippen LogP contribution in [0.2, 0.25) is 0 Å². The second-order valence-corrected chi connectivity index (χ2v) is 7.51. The van der Waals surface area contributed by atoms with E-state index in [2.05, 4.69) is 4.90 Å². The van der Waals surface area contributed by atoms with Crippen molar-refractivity contribution in [1.82, 2.24) is 4.90 Å². The van der Waals surface area contributed by atoms with Gasteiger partial charge in [0.25, 0.3) is 5.69 Å². The van der Waals surface area contributed by atoms with Crippen molar-refractivity contribution in [2.24, 2.45) is 0 Å². The Kier molecular flexibility index (Phi) is 4.87. The number of anilines is 2. The summed E-state index contributed by atoms with van der Waals surface area (Å²) < 4.78 is 24.9. The zero-order valence-corrected chi connectivity index (χ0v) is 13.0. The first-order valence-electron chi connectivity index (χ1n) is 7.10. The first-order chi connectivity index (χ1) is 10.3. The molecule has 0 amide bonds. The Balaban J connectivity index is 2.23. The van der Waals surface area contributed by atoms with Crippen LogP contribution in [0.25, 0.3) is 0 Å². The minimum absolute atomic E-state index is 0.0115. The van der Waals surface area contributed by atoms with E-state index in [4.69, 9.17) is 11.5 Å². The maximum Gasteiger partial charge on any atom is 0.295 e. The lowest BCUT2D eigenvalue weighted by Crippen LogP contribution is -2.34. The van der Waals surface area contributed by atoms with E-state index in [1.165, 1.54) is 6.07 Å². The van der Waals surface area contributed by atoms with Crippen LogP contribution in [0.5, 0.6) is 0 Å². The average molecular weight is 328 g/mol. The van der Waals surface area contributed by atoms with Gasteiger partial charge < -0.3 is 16.4 Å². The molecule has 0 radical (unpaired) electrons. The highest BCUT2D eigenvalue weighted by molar-refractivity contribution is 7.91. The molecule has 1 aromatic rings. The van der Waals surface area contributed by atoms with Gasteiger partial charge in [-0.25, -0.2) is 8.42 Å². The van der Waals surface area contributed by atoms with E-state index >= 15 is 0 Å². The van der Waals surface area contributed by atoms with E-state index in [-0.39, 0.29) is 22.0 Å². The number of piperidine rings is 1. The number of benzene rings is 1. The molecule has 0 spiro atoms. The molecule has 1 saturated heterocycles. The van der Waals surface area contributed by atoms with Gasteiger partial charge in [0, 0.05) is 18.3 Å². The minimum Gasteiger partial charge on any atom is -0.398 e. The second-order valence-electron chi connectivity index (χ2n) is 5.43. The quantitative estimate of drug-likeness (QED) is 0.468. The topological polar surface area (TPSA) is 133 Å². The minimum atomic E-state index is -3.72. The molecule has 1 aromatic carbocycles. The Hall–Kier alpha value is -1.87. The molecular weight excluding hydrogens is 308 g/mol. The van der Waals surface area contributed by atoms with Gasteiger partial charge in [-0.2, -0.15) is 0 Å². The molecule has 0 atom stereocenters. The van der Waals surface area contributed by atoms with E-state index in [9.17, 15) is 18.5 Å². The van der Waals surface area contributed by atoms with Gasteiger partial charge in [-0.1, -0.05) is 6.42 Å². The fourth-order valence-corrected chi connectivity index (χ4v) is 4.06. The Labute approximate surface area is 129 Å². The van der Waals surface area contributed by atoms with Crippen molar-refractivity contribution in [2.75, 3.05) is 36.9 Å². The van der Waals surface area contributed by atoms with Crippen LogP contribution in [0.1, 0.15) is 19.3 Å². The first kappa shape index (κ1) is 16.5. The van der Waals surface area contributed by atoms with E-state index in [0.717, 1.165) is 38.4 Å². The number of nitro groups is 1. The van der Waals surface area contributed by atoms with Crippen molar-refractivity contribution in [3.8, 4) is 0 Å². The molecule has 122 valence electrons. The molecular formula is C13H20N4O4S. The summed E-state index contributed by atoms with van der Waals surface area (Å²) in [6, 6.07) is 2.26. The number of nitrogen functional groups attached to an aromatic ring is 2. The molecule has 0 aliphatic carbocycles. The van der Waals surface area contributed by atoms with Crippen molar-refractivity contribution in [3.05, 3.63) is 22.2 Å². The van der Waals surface area contributed by atoms with Crippen molar-refractivity contribution >= 4 is 26.9 Å². The fourth-order valence-electron chi connectivity index (χ4n) is 2.58. The summed E-state index contributed by atoms with van der Waals surface area (Å²) in [7, 11) is -3.72. The Morgan fingerprint density at radius 2 is 1.82 bits per heavy atom. The summed E-state index contributed by atoms with van der Waals surface area (Å²) in [6.07, 6.45) is 3.29. The standard InChI is InChI=1S/C13H20N4O4S/c14-10-8-11(17(18)19)13(15)12(9-10)22(20,21)7-6-16-4-2-1-3-5-16/h8-9H,1-7,14-15H2. The van der Waals surface area contributed by atoms with Crippen molar-refractivity contribution < 1.29 is 13.3 Å². The molecule has 8 nitrogen and oxygen atoms in total. The molecule has 4 N–H and O–H groups in total. The normalized spacial score (nSPS) is 16.5. The third-order valence-electron chi connectivity index (χ3n) is 3.80. The zero-order valence-electron chi connectivity index (χ0n) is 12.2. The number of rotatable bonds is 5. The van der Waals surface area contributed by atoms with Gasteiger partial charge in [-0.3, -0.25) is 10.1 Å². The third kappa shape index (κ3) is 3.66.